The van der Waals surface area contributed by atoms with Crippen LogP contribution in [0.1, 0.15) is 213 Å². The lowest BCUT2D eigenvalue weighted by Gasteiger charge is -2.40. The predicted molar refractivity (Wildman–Crippen MR) is 258 cm³/mol. The minimum absolute atomic E-state index is 0.219. The highest BCUT2D eigenvalue weighted by atomic mass is 16.7. The van der Waals surface area contributed by atoms with Gasteiger partial charge in [0.05, 0.1) is 25.4 Å². The second-order valence-corrected chi connectivity index (χ2v) is 17.6. The van der Waals surface area contributed by atoms with Gasteiger partial charge in [0.2, 0.25) is 5.91 Å². The lowest BCUT2D eigenvalue weighted by atomic mass is 9.99. The van der Waals surface area contributed by atoms with Crippen molar-refractivity contribution in [1.29, 1.82) is 0 Å². The molecule has 7 atom stereocenters. The number of aliphatic hydroxyl groups is 5. The Labute approximate surface area is 379 Å². The van der Waals surface area contributed by atoms with Crippen molar-refractivity contribution < 1.29 is 39.8 Å². The number of ether oxygens (including phenoxy) is 2. The molecule has 1 saturated heterocycles. The normalized spacial score (nSPS) is 20.8. The Kier molecular flexibility index (Phi) is 40.0. The molecule has 9 heteroatoms. The summed E-state index contributed by atoms with van der Waals surface area (Å²) >= 11 is 0. The molecule has 1 amide bonds. The summed E-state index contributed by atoms with van der Waals surface area (Å²) in [6.45, 7) is 3.62. The second kappa shape index (κ2) is 42.8. The highest BCUT2D eigenvalue weighted by Crippen LogP contribution is 2.23. The largest absolute Gasteiger partial charge is 0.394 e. The first kappa shape index (κ1) is 57.9. The molecule has 9 nitrogen and oxygen atoms in total. The molecule has 360 valence electrons. The average molecular weight is 874 g/mol. The molecular formula is C53H95NO8. The Morgan fingerprint density at radius 2 is 1.00 bits per heavy atom. The Balaban J connectivity index is 2.27. The summed E-state index contributed by atoms with van der Waals surface area (Å²) in [7, 11) is 0. The molecule has 0 saturated carbocycles. The fourth-order valence-electron chi connectivity index (χ4n) is 7.81. The van der Waals surface area contributed by atoms with E-state index in [0.717, 1.165) is 44.9 Å². The number of hydrogen-bond donors (Lipinski definition) is 6. The Hall–Kier alpha value is -2.11. The number of nitrogens with one attached hydrogen (secondary N) is 1. The van der Waals surface area contributed by atoms with Gasteiger partial charge in [0, 0.05) is 6.42 Å². The molecule has 0 aromatic carbocycles. The number of hydrogen-bond acceptors (Lipinski definition) is 8. The van der Waals surface area contributed by atoms with Crippen LogP contribution < -0.4 is 5.32 Å². The van der Waals surface area contributed by atoms with Crippen LogP contribution >= 0.6 is 0 Å². The van der Waals surface area contributed by atoms with Crippen molar-refractivity contribution in [3.8, 4) is 0 Å². The number of rotatable bonds is 42. The number of aliphatic hydroxyl groups excluding tert-OH is 5. The van der Waals surface area contributed by atoms with Gasteiger partial charge in [-0.1, -0.05) is 222 Å². The van der Waals surface area contributed by atoms with Crippen molar-refractivity contribution in [3.05, 3.63) is 60.8 Å². The number of amides is 1. The number of allylic oxidation sites excluding steroid dienone is 9. The number of unbranched alkanes of at least 4 members (excludes halogenated alkanes) is 24. The van der Waals surface area contributed by atoms with E-state index >= 15 is 0 Å². The van der Waals surface area contributed by atoms with Gasteiger partial charge in [-0.2, -0.15) is 0 Å². The first-order chi connectivity index (χ1) is 30.3. The van der Waals surface area contributed by atoms with Crippen molar-refractivity contribution in [1.82, 2.24) is 5.32 Å². The van der Waals surface area contributed by atoms with Crippen LogP contribution in [-0.4, -0.2) is 87.5 Å². The Morgan fingerprint density at radius 3 is 1.45 bits per heavy atom. The lowest BCUT2D eigenvalue weighted by molar-refractivity contribution is -0.302. The summed E-state index contributed by atoms with van der Waals surface area (Å²) in [5.74, 6) is -0.257. The molecule has 1 fully saturated rings. The topological polar surface area (TPSA) is 149 Å². The van der Waals surface area contributed by atoms with Crippen molar-refractivity contribution in [2.75, 3.05) is 13.2 Å². The molecule has 0 aliphatic carbocycles. The maximum absolute atomic E-state index is 12.9. The highest BCUT2D eigenvalue weighted by Gasteiger charge is 2.44. The molecule has 62 heavy (non-hydrogen) atoms. The minimum Gasteiger partial charge on any atom is -0.394 e. The first-order valence-electron chi connectivity index (χ1n) is 25.5. The molecule has 0 aromatic rings. The predicted octanol–water partition coefficient (Wildman–Crippen LogP) is 11.6. The van der Waals surface area contributed by atoms with Gasteiger partial charge >= 0.3 is 0 Å². The molecule has 0 bridgehead atoms. The monoisotopic (exact) mass is 874 g/mol. The molecule has 1 rings (SSSR count). The first-order valence-corrected chi connectivity index (χ1v) is 25.5. The van der Waals surface area contributed by atoms with E-state index in [9.17, 15) is 30.3 Å². The molecule has 1 aliphatic rings. The maximum Gasteiger partial charge on any atom is 0.220 e. The molecule has 0 radical (unpaired) electrons. The van der Waals surface area contributed by atoms with Crippen LogP contribution in [0.4, 0.5) is 0 Å². The van der Waals surface area contributed by atoms with E-state index in [1.54, 1.807) is 6.08 Å². The van der Waals surface area contributed by atoms with Crippen molar-refractivity contribution in [3.63, 3.8) is 0 Å². The van der Waals surface area contributed by atoms with Crippen LogP contribution in [0.15, 0.2) is 60.8 Å². The lowest BCUT2D eigenvalue weighted by Crippen LogP contribution is -2.60. The van der Waals surface area contributed by atoms with Crippen LogP contribution in [0, 0.1) is 0 Å². The standard InChI is InChI=1S/C53H95NO8/c1-3-5-7-9-11-13-15-17-18-19-20-21-22-23-24-25-26-27-28-29-31-32-34-36-38-40-42-47(56)46(45-61-53-52(60)51(59)50(58)48(44-55)62-53)54-49(57)43-41-39-37-35-33-30-16-14-12-10-8-6-4-2/h6,8,12,14,30,33,37,39-40,42,46-48,50-53,55-56,58-60H,3-5,7,9-11,13,15-29,31-32,34-36,38,41,43-45H2,1-2H3,(H,54,57)/b8-6-,14-12-,33-30-,39-37-,42-40+. The summed E-state index contributed by atoms with van der Waals surface area (Å²) in [4.78, 5) is 12.9. The van der Waals surface area contributed by atoms with Crippen molar-refractivity contribution in [2.24, 2.45) is 0 Å². The third kappa shape index (κ3) is 32.5. The van der Waals surface area contributed by atoms with Crippen LogP contribution in [-0.2, 0) is 14.3 Å². The summed E-state index contributed by atoms with van der Waals surface area (Å²) in [6.07, 6.45) is 50.2. The smallest absolute Gasteiger partial charge is 0.220 e. The van der Waals surface area contributed by atoms with Gasteiger partial charge in [0.25, 0.3) is 0 Å². The zero-order valence-corrected chi connectivity index (χ0v) is 39.6. The summed E-state index contributed by atoms with van der Waals surface area (Å²) in [5.41, 5.74) is 0. The maximum atomic E-state index is 12.9. The zero-order chi connectivity index (χ0) is 45.1. The van der Waals surface area contributed by atoms with E-state index < -0.39 is 49.5 Å². The van der Waals surface area contributed by atoms with E-state index in [2.05, 4.69) is 55.6 Å². The van der Waals surface area contributed by atoms with E-state index in [1.165, 1.54) is 141 Å². The quantitative estimate of drug-likeness (QED) is 0.0262. The van der Waals surface area contributed by atoms with Gasteiger partial charge < -0.3 is 40.3 Å². The zero-order valence-electron chi connectivity index (χ0n) is 39.6. The van der Waals surface area contributed by atoms with Crippen molar-refractivity contribution in [2.45, 2.75) is 256 Å². The molecule has 0 aromatic heterocycles. The fourth-order valence-corrected chi connectivity index (χ4v) is 7.81. The van der Waals surface area contributed by atoms with Gasteiger partial charge in [-0.3, -0.25) is 4.79 Å². The van der Waals surface area contributed by atoms with Gasteiger partial charge in [0.15, 0.2) is 6.29 Å². The fraction of sp³-hybridized carbons (Fsp3) is 0.792. The third-order valence-electron chi connectivity index (χ3n) is 11.9. The van der Waals surface area contributed by atoms with Gasteiger partial charge in [0.1, 0.15) is 24.4 Å². The molecule has 1 aliphatic heterocycles. The number of carbonyl (C=O) groups is 1. The van der Waals surface area contributed by atoms with Crippen LogP contribution in [0.5, 0.6) is 0 Å². The summed E-state index contributed by atoms with van der Waals surface area (Å²) in [5, 5.41) is 54.2. The van der Waals surface area contributed by atoms with Gasteiger partial charge in [-0.25, -0.2) is 0 Å². The average Bonchev–Trinajstić information content (AvgIpc) is 3.27. The molecule has 6 N–H and O–H groups in total. The third-order valence-corrected chi connectivity index (χ3v) is 11.9. The van der Waals surface area contributed by atoms with Gasteiger partial charge in [-0.15, -0.1) is 0 Å². The van der Waals surface area contributed by atoms with Crippen LogP contribution in [0.25, 0.3) is 0 Å². The minimum atomic E-state index is -1.58. The van der Waals surface area contributed by atoms with E-state index in [0.29, 0.717) is 6.42 Å². The Bertz CT molecular complexity index is 1150. The molecular weight excluding hydrogens is 779 g/mol. The molecule has 1 heterocycles. The van der Waals surface area contributed by atoms with Gasteiger partial charge in [-0.05, 0) is 44.9 Å². The highest BCUT2D eigenvalue weighted by molar-refractivity contribution is 5.76. The molecule has 0 spiro atoms. The van der Waals surface area contributed by atoms with Crippen LogP contribution in [0.3, 0.4) is 0 Å². The van der Waals surface area contributed by atoms with E-state index in [-0.39, 0.29) is 18.9 Å². The SMILES string of the molecule is CC/C=C\C/C=C\C/C=C\C/C=C\CCC(=O)NC(COC1OC(CO)C(O)C(O)C1O)C(O)/C=C/CCCCCCCCCCCCCCCCCCCCCCCCCC. The number of carbonyl (C=O) groups excluding carboxylic acids is 1. The Morgan fingerprint density at radius 1 is 0.565 bits per heavy atom. The van der Waals surface area contributed by atoms with E-state index in [1.807, 2.05) is 18.2 Å². The molecule has 7 unspecified atom stereocenters. The van der Waals surface area contributed by atoms with Crippen LogP contribution in [0.2, 0.25) is 0 Å². The summed E-state index contributed by atoms with van der Waals surface area (Å²) in [6, 6.07) is -0.845. The van der Waals surface area contributed by atoms with E-state index in [4.69, 9.17) is 9.47 Å². The summed E-state index contributed by atoms with van der Waals surface area (Å²) < 4.78 is 11.2. The second-order valence-electron chi connectivity index (χ2n) is 17.6. The van der Waals surface area contributed by atoms with Crippen molar-refractivity contribution >= 4 is 5.91 Å².